The molecule has 1 aromatic heterocycles. The molecular formula is C22H23FN2O. The Kier molecular flexibility index (Phi) is 4.49. The van der Waals surface area contributed by atoms with Gasteiger partial charge < -0.3 is 9.47 Å². The molecule has 4 rings (SSSR count). The third-order valence-electron chi connectivity index (χ3n) is 5.32. The summed E-state index contributed by atoms with van der Waals surface area (Å²) in [7, 11) is 1.86. The van der Waals surface area contributed by atoms with E-state index in [1.54, 1.807) is 11.0 Å². The predicted molar refractivity (Wildman–Crippen MR) is 102 cm³/mol. The van der Waals surface area contributed by atoms with E-state index in [0.29, 0.717) is 6.54 Å². The van der Waals surface area contributed by atoms with E-state index in [9.17, 15) is 9.18 Å². The van der Waals surface area contributed by atoms with Gasteiger partial charge in [-0.25, -0.2) is 4.39 Å². The fraction of sp³-hybridized carbons (Fsp3) is 0.318. The Balaban J connectivity index is 1.84. The molecule has 0 bridgehead atoms. The van der Waals surface area contributed by atoms with E-state index in [-0.39, 0.29) is 11.7 Å². The van der Waals surface area contributed by atoms with E-state index in [0.717, 1.165) is 54.4 Å². The summed E-state index contributed by atoms with van der Waals surface area (Å²) in [6.45, 7) is 1.48. The number of hydrogen-bond acceptors (Lipinski definition) is 1. The third-order valence-corrected chi connectivity index (χ3v) is 5.32. The smallest absolute Gasteiger partial charge is 0.270 e. The summed E-state index contributed by atoms with van der Waals surface area (Å²) in [5, 5.41) is 0.886. The van der Waals surface area contributed by atoms with Gasteiger partial charge in [0.2, 0.25) is 0 Å². The molecule has 0 aliphatic carbocycles. The zero-order valence-corrected chi connectivity index (χ0v) is 15.0. The van der Waals surface area contributed by atoms with Gasteiger partial charge in [-0.15, -0.1) is 0 Å². The van der Waals surface area contributed by atoms with E-state index in [4.69, 9.17) is 0 Å². The maximum atomic E-state index is 13.9. The number of halogens is 1. The Hall–Kier alpha value is -2.62. The Bertz CT molecular complexity index is 946. The lowest BCUT2D eigenvalue weighted by atomic mass is 10.0. The highest BCUT2D eigenvalue weighted by atomic mass is 19.1. The number of amides is 1. The van der Waals surface area contributed by atoms with Gasteiger partial charge in [0.25, 0.3) is 5.91 Å². The van der Waals surface area contributed by atoms with Gasteiger partial charge in [-0.2, -0.15) is 0 Å². The largest absolute Gasteiger partial charge is 0.340 e. The second-order valence-corrected chi connectivity index (χ2v) is 7.06. The molecule has 0 radical (unpaired) electrons. The molecule has 0 atom stereocenters. The summed E-state index contributed by atoms with van der Waals surface area (Å²) in [6, 6.07) is 15.2. The zero-order valence-electron chi connectivity index (χ0n) is 15.0. The zero-order chi connectivity index (χ0) is 18.1. The molecule has 3 nitrogen and oxygen atoms in total. The standard InChI is InChI=1S/C22H23FN2O/c1-24-13-6-5-9-18-19-15-17(23)10-11-20(19)25(21(18)22(24)26)14-12-16-7-3-2-4-8-16/h2-4,7-8,10-11,15H,5-6,9,12-14H2,1H3. The number of benzene rings is 2. The maximum Gasteiger partial charge on any atom is 0.270 e. The summed E-state index contributed by atoms with van der Waals surface area (Å²) in [4.78, 5) is 14.9. The number of aromatic nitrogens is 1. The first-order valence-electron chi connectivity index (χ1n) is 9.25. The van der Waals surface area contributed by atoms with Gasteiger partial charge >= 0.3 is 0 Å². The first-order valence-corrected chi connectivity index (χ1v) is 9.25. The summed E-state index contributed by atoms with van der Waals surface area (Å²) >= 11 is 0. The van der Waals surface area contributed by atoms with Crippen LogP contribution in [0.1, 0.15) is 34.5 Å². The molecule has 0 saturated heterocycles. The first-order chi connectivity index (χ1) is 12.6. The number of nitrogens with zero attached hydrogens (tertiary/aromatic N) is 2. The van der Waals surface area contributed by atoms with E-state index >= 15 is 0 Å². The number of carbonyl (C=O) groups is 1. The molecule has 1 aliphatic rings. The molecular weight excluding hydrogens is 327 g/mol. The van der Waals surface area contributed by atoms with E-state index in [1.807, 2.05) is 31.3 Å². The highest BCUT2D eigenvalue weighted by molar-refractivity contribution is 6.02. The lowest BCUT2D eigenvalue weighted by molar-refractivity contribution is 0.0777. The highest BCUT2D eigenvalue weighted by Gasteiger charge is 2.26. The van der Waals surface area contributed by atoms with Crippen LogP contribution >= 0.6 is 0 Å². The maximum absolute atomic E-state index is 13.9. The summed E-state index contributed by atoms with van der Waals surface area (Å²) < 4.78 is 16.0. The van der Waals surface area contributed by atoms with Crippen LogP contribution in [0.3, 0.4) is 0 Å². The SMILES string of the molecule is CN1CCCCc2c(n(CCc3ccccc3)c3ccc(F)cc23)C1=O. The van der Waals surface area contributed by atoms with Crippen molar-refractivity contribution < 1.29 is 9.18 Å². The van der Waals surface area contributed by atoms with Crippen molar-refractivity contribution in [3.8, 4) is 0 Å². The van der Waals surface area contributed by atoms with Gasteiger partial charge in [-0.05, 0) is 55.0 Å². The van der Waals surface area contributed by atoms with Crippen molar-refractivity contribution in [1.29, 1.82) is 0 Å². The molecule has 0 saturated carbocycles. The monoisotopic (exact) mass is 350 g/mol. The fourth-order valence-electron chi connectivity index (χ4n) is 3.94. The Labute approximate surface area is 153 Å². The second kappa shape index (κ2) is 6.94. The van der Waals surface area contributed by atoms with Crippen molar-refractivity contribution >= 4 is 16.8 Å². The van der Waals surface area contributed by atoms with Gasteiger partial charge in [0.05, 0.1) is 0 Å². The normalized spacial score (nSPS) is 15.0. The summed E-state index contributed by atoms with van der Waals surface area (Å²) in [5.41, 5.74) is 3.93. The van der Waals surface area contributed by atoms with Crippen molar-refractivity contribution in [2.75, 3.05) is 13.6 Å². The number of fused-ring (bicyclic) bond motifs is 3. The molecule has 0 spiro atoms. The van der Waals surface area contributed by atoms with Crippen LogP contribution in [0.25, 0.3) is 10.9 Å². The van der Waals surface area contributed by atoms with Gasteiger partial charge in [0, 0.05) is 31.0 Å². The van der Waals surface area contributed by atoms with Crippen LogP contribution < -0.4 is 0 Å². The van der Waals surface area contributed by atoms with Crippen LogP contribution in [0.15, 0.2) is 48.5 Å². The minimum atomic E-state index is -0.247. The Morgan fingerprint density at radius 1 is 1.08 bits per heavy atom. The van der Waals surface area contributed by atoms with Crippen LogP contribution in [-0.4, -0.2) is 29.0 Å². The molecule has 1 amide bonds. The lowest BCUT2D eigenvalue weighted by Gasteiger charge is -2.22. The Morgan fingerprint density at radius 2 is 1.88 bits per heavy atom. The van der Waals surface area contributed by atoms with Crippen LogP contribution in [0.2, 0.25) is 0 Å². The molecule has 0 fully saturated rings. The topological polar surface area (TPSA) is 25.2 Å². The predicted octanol–water partition coefficient (Wildman–Crippen LogP) is 4.43. The minimum absolute atomic E-state index is 0.0457. The Morgan fingerprint density at radius 3 is 2.69 bits per heavy atom. The average Bonchev–Trinajstić information content (AvgIpc) is 2.94. The van der Waals surface area contributed by atoms with E-state index in [1.165, 1.54) is 11.6 Å². The third kappa shape index (κ3) is 3.00. The number of rotatable bonds is 3. The van der Waals surface area contributed by atoms with Crippen LogP contribution in [-0.2, 0) is 19.4 Å². The first kappa shape index (κ1) is 16.8. The summed E-state index contributed by atoms with van der Waals surface area (Å²) in [6.07, 6.45) is 3.66. The van der Waals surface area contributed by atoms with Crippen molar-refractivity contribution in [2.24, 2.45) is 0 Å². The highest BCUT2D eigenvalue weighted by Crippen LogP contribution is 2.31. The number of aryl methyl sites for hydroxylation is 3. The quantitative estimate of drug-likeness (QED) is 0.686. The average molecular weight is 350 g/mol. The molecule has 0 unspecified atom stereocenters. The number of hydrogen-bond donors (Lipinski definition) is 0. The minimum Gasteiger partial charge on any atom is -0.340 e. The van der Waals surface area contributed by atoms with E-state index in [2.05, 4.69) is 16.7 Å². The molecule has 1 aliphatic heterocycles. The fourth-order valence-corrected chi connectivity index (χ4v) is 3.94. The van der Waals surface area contributed by atoms with Crippen molar-refractivity contribution in [3.05, 3.63) is 71.2 Å². The van der Waals surface area contributed by atoms with Crippen LogP contribution in [0, 0.1) is 5.82 Å². The molecule has 4 heteroatoms. The second-order valence-electron chi connectivity index (χ2n) is 7.06. The van der Waals surface area contributed by atoms with Gasteiger partial charge in [-0.3, -0.25) is 4.79 Å². The lowest BCUT2D eigenvalue weighted by Crippen LogP contribution is -2.32. The molecule has 134 valence electrons. The van der Waals surface area contributed by atoms with Gasteiger partial charge in [0.15, 0.2) is 0 Å². The van der Waals surface area contributed by atoms with Gasteiger partial charge in [0.1, 0.15) is 11.5 Å². The molecule has 2 aromatic carbocycles. The number of carbonyl (C=O) groups excluding carboxylic acids is 1. The van der Waals surface area contributed by atoms with Crippen molar-refractivity contribution in [3.63, 3.8) is 0 Å². The summed E-state index contributed by atoms with van der Waals surface area (Å²) in [5.74, 6) is -0.201. The van der Waals surface area contributed by atoms with Crippen molar-refractivity contribution in [1.82, 2.24) is 9.47 Å². The molecule has 0 N–H and O–H groups in total. The molecule has 3 aromatic rings. The van der Waals surface area contributed by atoms with E-state index < -0.39 is 0 Å². The van der Waals surface area contributed by atoms with Crippen LogP contribution in [0.4, 0.5) is 4.39 Å². The van der Waals surface area contributed by atoms with Gasteiger partial charge in [-0.1, -0.05) is 30.3 Å². The molecule has 26 heavy (non-hydrogen) atoms. The van der Waals surface area contributed by atoms with Crippen LogP contribution in [0.5, 0.6) is 0 Å². The van der Waals surface area contributed by atoms with Crippen molar-refractivity contribution in [2.45, 2.75) is 32.2 Å². The molecule has 2 heterocycles.